The molecule has 0 radical (unpaired) electrons. The maximum absolute atomic E-state index is 15.1. The zero-order chi connectivity index (χ0) is 31.9. The predicted molar refractivity (Wildman–Crippen MR) is 138 cm³/mol. The smallest absolute Gasteiger partial charge is 0.534 e. The van der Waals surface area contributed by atoms with Gasteiger partial charge in [-0.05, 0) is 25.0 Å². The van der Waals surface area contributed by atoms with E-state index in [1.54, 1.807) is 6.92 Å². The highest BCUT2D eigenvalue weighted by Gasteiger charge is 2.43. The Morgan fingerprint density at radius 3 is 2.42 bits per heavy atom. The SMILES string of the molecule is CCN1CCN(C(=O)N[C@@H](C(=O)N[C@H]2Cc3ccc(F)c(C(=O)O)c3OB2O)c2c(F)c(F)c(O)c(O)c2Cl)C(=O)C1=O. The highest BCUT2D eigenvalue weighted by Crippen LogP contribution is 2.42. The molecule has 0 aliphatic carbocycles. The van der Waals surface area contributed by atoms with Crippen molar-refractivity contribution >= 4 is 48.4 Å². The van der Waals surface area contributed by atoms with Gasteiger partial charge in [-0.25, -0.2) is 18.4 Å². The largest absolute Gasteiger partial charge is 0.547 e. The summed E-state index contributed by atoms with van der Waals surface area (Å²) >= 11 is 5.92. The Bertz CT molecular complexity index is 1530. The van der Waals surface area contributed by atoms with Gasteiger partial charge in [0.25, 0.3) is 0 Å². The minimum Gasteiger partial charge on any atom is -0.534 e. The van der Waals surface area contributed by atoms with Crippen LogP contribution < -0.4 is 15.3 Å². The second-order valence-corrected chi connectivity index (χ2v) is 9.70. The van der Waals surface area contributed by atoms with Gasteiger partial charge in [0.2, 0.25) is 11.7 Å². The van der Waals surface area contributed by atoms with Crippen molar-refractivity contribution in [2.45, 2.75) is 25.3 Å². The second kappa shape index (κ2) is 11.9. The number of aromatic hydroxyl groups is 2. The van der Waals surface area contributed by atoms with Crippen LogP contribution in [0.25, 0.3) is 0 Å². The summed E-state index contributed by atoms with van der Waals surface area (Å²) in [5, 5.41) is 42.5. The van der Waals surface area contributed by atoms with Crippen molar-refractivity contribution in [3.05, 3.63) is 51.3 Å². The van der Waals surface area contributed by atoms with Gasteiger partial charge in [-0.15, -0.1) is 0 Å². The molecule has 0 bridgehead atoms. The number of carboxylic acid groups (broad SMARTS) is 1. The number of halogens is 4. The van der Waals surface area contributed by atoms with Crippen molar-refractivity contribution in [2.24, 2.45) is 0 Å². The molecule has 2 aromatic rings. The molecule has 0 spiro atoms. The Morgan fingerprint density at radius 1 is 1.12 bits per heavy atom. The van der Waals surface area contributed by atoms with Gasteiger partial charge in [-0.3, -0.25) is 19.3 Å². The van der Waals surface area contributed by atoms with Gasteiger partial charge in [-0.1, -0.05) is 17.7 Å². The molecular weight excluding hydrogens is 608 g/mol. The molecule has 6 N–H and O–H groups in total. The van der Waals surface area contributed by atoms with E-state index in [-0.39, 0.29) is 31.6 Å². The summed E-state index contributed by atoms with van der Waals surface area (Å²) in [6.07, 6.45) is -0.388. The van der Waals surface area contributed by atoms with Gasteiger partial charge < -0.3 is 40.5 Å². The Labute approximate surface area is 244 Å². The molecule has 14 nitrogen and oxygen atoms in total. The lowest BCUT2D eigenvalue weighted by Crippen LogP contribution is -2.60. The van der Waals surface area contributed by atoms with E-state index in [0.717, 1.165) is 17.0 Å². The number of imide groups is 1. The van der Waals surface area contributed by atoms with E-state index < -0.39 is 99.7 Å². The molecule has 4 rings (SSSR count). The molecule has 2 aliphatic rings. The summed E-state index contributed by atoms with van der Waals surface area (Å²) in [5.74, 6) is -15.7. The third-order valence-corrected chi connectivity index (χ3v) is 7.20. The number of urea groups is 1. The molecule has 5 amide bonds. The number of carboxylic acids is 1. The molecule has 228 valence electrons. The van der Waals surface area contributed by atoms with Crippen LogP contribution >= 0.6 is 11.6 Å². The lowest BCUT2D eigenvalue weighted by Gasteiger charge is -2.33. The number of amides is 5. The van der Waals surface area contributed by atoms with Gasteiger partial charge >= 0.3 is 30.9 Å². The fourth-order valence-corrected chi connectivity index (χ4v) is 4.85. The highest BCUT2D eigenvalue weighted by atomic mass is 35.5. The van der Waals surface area contributed by atoms with Gasteiger partial charge in [0, 0.05) is 25.2 Å². The topological polar surface area (TPSA) is 206 Å². The first-order chi connectivity index (χ1) is 20.2. The number of fused-ring (bicyclic) bond motifs is 1. The first-order valence-corrected chi connectivity index (χ1v) is 12.8. The summed E-state index contributed by atoms with van der Waals surface area (Å²) in [4.78, 5) is 64.3. The Kier molecular flexibility index (Phi) is 8.63. The molecule has 0 aromatic heterocycles. The van der Waals surface area contributed by atoms with Crippen LogP contribution in [0.2, 0.25) is 5.02 Å². The number of piperazine rings is 1. The van der Waals surface area contributed by atoms with E-state index in [2.05, 4.69) is 5.32 Å². The first-order valence-electron chi connectivity index (χ1n) is 12.4. The third kappa shape index (κ3) is 5.57. The van der Waals surface area contributed by atoms with E-state index in [4.69, 9.17) is 16.3 Å². The maximum Gasteiger partial charge on any atom is 0.547 e. The monoisotopic (exact) mass is 628 g/mol. The van der Waals surface area contributed by atoms with Crippen molar-refractivity contribution in [3.63, 3.8) is 0 Å². The second-order valence-electron chi connectivity index (χ2n) is 9.32. The molecular formula is C24H21BClF3N4O10. The molecule has 1 fully saturated rings. The number of nitrogens with one attached hydrogen (secondary N) is 2. The predicted octanol–water partition coefficient (Wildman–Crippen LogP) is 0.448. The lowest BCUT2D eigenvalue weighted by atomic mass is 9.72. The van der Waals surface area contributed by atoms with Crippen molar-refractivity contribution in [3.8, 4) is 17.2 Å². The van der Waals surface area contributed by atoms with Crippen molar-refractivity contribution in [1.29, 1.82) is 0 Å². The number of likely N-dealkylation sites (N-methyl/N-ethyl adjacent to an activating group) is 1. The molecule has 0 unspecified atom stereocenters. The third-order valence-electron chi connectivity index (χ3n) is 6.81. The molecule has 43 heavy (non-hydrogen) atoms. The highest BCUT2D eigenvalue weighted by molar-refractivity contribution is 6.47. The van der Waals surface area contributed by atoms with Crippen molar-refractivity contribution in [1.82, 2.24) is 20.4 Å². The van der Waals surface area contributed by atoms with E-state index >= 15 is 4.39 Å². The minimum absolute atomic E-state index is 0.0189. The molecule has 1 saturated heterocycles. The molecule has 2 atom stereocenters. The zero-order valence-electron chi connectivity index (χ0n) is 21.9. The zero-order valence-corrected chi connectivity index (χ0v) is 22.6. The number of phenolic OH excluding ortho intramolecular Hbond substituents is 2. The molecule has 19 heteroatoms. The number of benzene rings is 2. The van der Waals surface area contributed by atoms with Crippen LogP contribution in [-0.4, -0.2) is 92.6 Å². The van der Waals surface area contributed by atoms with Crippen molar-refractivity contribution < 1.29 is 62.1 Å². The molecule has 2 heterocycles. The van der Waals surface area contributed by atoms with Crippen LogP contribution in [0.3, 0.4) is 0 Å². The van der Waals surface area contributed by atoms with Crippen LogP contribution in [0.15, 0.2) is 12.1 Å². The standard InChI is InChI=1S/C24H21BClF3N4O10/c1-2-32-5-6-33(22(38)21(32)37)24(41)31-16(12-13(26)17(34)18(35)15(29)14(12)28)20(36)30-10-7-8-3-4-9(27)11(23(39)40)19(8)43-25(10)42/h3-4,10,16,34-35,42H,2,5-7H2,1H3,(H,30,36)(H,31,41)(H,39,40)/t10-,16+/m0/s1. The average Bonchev–Trinajstić information content (AvgIpc) is 2.96. The molecule has 2 aromatic carbocycles. The van der Waals surface area contributed by atoms with E-state index in [1.807, 2.05) is 5.32 Å². The van der Waals surface area contributed by atoms with Crippen molar-refractivity contribution in [2.75, 3.05) is 19.6 Å². The van der Waals surface area contributed by atoms with E-state index in [0.29, 0.717) is 4.90 Å². The van der Waals surface area contributed by atoms with Crippen LogP contribution in [0.4, 0.5) is 18.0 Å². The lowest BCUT2D eigenvalue weighted by molar-refractivity contribution is -0.153. The van der Waals surface area contributed by atoms with Crippen LogP contribution in [0, 0.1) is 17.5 Å². The Hall–Kier alpha value is -4.71. The summed E-state index contributed by atoms with van der Waals surface area (Å²) < 4.78 is 48.7. The number of aromatic carboxylic acids is 1. The normalized spacial score (nSPS) is 17.3. The van der Waals surface area contributed by atoms with Crippen LogP contribution in [-0.2, 0) is 20.8 Å². The fraction of sp³-hybridized carbons (Fsp3) is 0.292. The van der Waals surface area contributed by atoms with Gasteiger partial charge in [-0.2, -0.15) is 4.39 Å². The Balaban J connectivity index is 1.69. The average molecular weight is 629 g/mol. The quantitative estimate of drug-likeness (QED) is 0.113. The number of carbonyl (C=O) groups excluding carboxylic acids is 4. The minimum atomic E-state index is -2.37. The van der Waals surface area contributed by atoms with Crippen LogP contribution in [0.5, 0.6) is 17.2 Å². The van der Waals surface area contributed by atoms with E-state index in [1.165, 1.54) is 0 Å². The maximum atomic E-state index is 15.1. The first kappa shape index (κ1) is 31.2. The van der Waals surface area contributed by atoms with E-state index in [9.17, 15) is 53.1 Å². The van der Waals surface area contributed by atoms with Gasteiger partial charge in [0.15, 0.2) is 17.3 Å². The molecule has 0 saturated carbocycles. The van der Waals surface area contributed by atoms with Gasteiger partial charge in [0.1, 0.15) is 23.2 Å². The summed E-state index contributed by atoms with van der Waals surface area (Å²) in [6.45, 7) is 1.30. The number of carbonyl (C=O) groups is 5. The number of nitrogens with zero attached hydrogens (tertiary/aromatic N) is 2. The number of hydrogen-bond donors (Lipinski definition) is 6. The fourth-order valence-electron chi connectivity index (χ4n) is 4.57. The Morgan fingerprint density at radius 2 is 1.79 bits per heavy atom. The van der Waals surface area contributed by atoms with Gasteiger partial charge in [0.05, 0.1) is 11.0 Å². The molecule has 2 aliphatic heterocycles. The number of hydrogen-bond acceptors (Lipinski definition) is 9. The number of phenols is 2. The summed E-state index contributed by atoms with van der Waals surface area (Å²) in [5.41, 5.74) is -2.07. The number of rotatable bonds is 6. The summed E-state index contributed by atoms with van der Waals surface area (Å²) in [7, 11) is -2.03. The van der Waals surface area contributed by atoms with Crippen LogP contribution in [0.1, 0.15) is 34.5 Å². The summed E-state index contributed by atoms with van der Waals surface area (Å²) in [6, 6.07) is -1.88.